The monoisotopic (exact) mass is 1640 g/mol. The first-order valence-corrected chi connectivity index (χ1v) is 39.2. The number of hydrogen-bond acceptors (Lipinski definition) is 19. The third-order valence-electron chi connectivity index (χ3n) is 16.1. The average molecular weight is 1640 g/mol. The van der Waals surface area contributed by atoms with Crippen LogP contribution in [0.2, 0.25) is 25.8 Å². The largest absolute Gasteiger partial charge is 1.00 e. The number of nitrogens with zero attached hydrogens (tertiary/aromatic N) is 8. The molecule has 4 aliphatic carbocycles. The van der Waals surface area contributed by atoms with Crippen molar-refractivity contribution in [1.29, 1.82) is 0 Å². The summed E-state index contributed by atoms with van der Waals surface area (Å²) in [7, 11) is -4.78. The molecule has 0 spiro atoms. The topological polar surface area (TPSA) is 279 Å². The minimum atomic E-state index is -3.44. The molecule has 0 atom stereocenters. The van der Waals surface area contributed by atoms with Crippen LogP contribution >= 0.6 is 58.0 Å². The molecule has 576 valence electrons. The average Bonchev–Trinajstić information content (AvgIpc) is 1.84. The van der Waals surface area contributed by atoms with Gasteiger partial charge in [-0.25, -0.2) is 38.3 Å². The van der Waals surface area contributed by atoms with Crippen molar-refractivity contribution in [3.63, 3.8) is 0 Å². The summed E-state index contributed by atoms with van der Waals surface area (Å²) in [5.74, 6) is 2.66. The number of allylic oxidation sites excluding steroid dienone is 4. The predicted octanol–water partition coefficient (Wildman–Crippen LogP) is 11.7. The van der Waals surface area contributed by atoms with E-state index in [-0.39, 0.29) is 103 Å². The minimum absolute atomic E-state index is 0. The molecular weight excluding hydrogens is 1540 g/mol. The molecule has 10 aromatic rings. The molecule has 0 aliphatic heterocycles. The summed E-state index contributed by atoms with van der Waals surface area (Å²) < 4.78 is 33.2. The number of nitrogens with one attached hydrogen (secondary N) is 3. The van der Waals surface area contributed by atoms with E-state index in [2.05, 4.69) is 172 Å². The molecule has 0 amide bonds. The molecular formula is C83H96BCl5N12Na2O7S. The summed E-state index contributed by atoms with van der Waals surface area (Å²) in [4.78, 5) is 32.9. The Morgan fingerprint density at radius 3 is 1.10 bits per heavy atom. The normalized spacial score (nSPS) is 12.1. The first kappa shape index (κ1) is 94.5. The van der Waals surface area contributed by atoms with E-state index in [9.17, 15) is 8.42 Å². The summed E-state index contributed by atoms with van der Waals surface area (Å²) >= 11 is 28.6. The molecule has 4 heterocycles. The van der Waals surface area contributed by atoms with Gasteiger partial charge in [0.25, 0.3) is 0 Å². The van der Waals surface area contributed by atoms with Crippen molar-refractivity contribution in [2.45, 2.75) is 124 Å². The molecule has 0 saturated carbocycles. The maximum atomic E-state index is 10.9. The van der Waals surface area contributed by atoms with Crippen LogP contribution in [-0.4, -0.2) is 121 Å². The van der Waals surface area contributed by atoms with Gasteiger partial charge in [-0.05, 0) is 172 Å². The van der Waals surface area contributed by atoms with Crippen molar-refractivity contribution in [3.05, 3.63) is 277 Å². The molecule has 111 heavy (non-hydrogen) atoms. The maximum absolute atomic E-state index is 10.9. The number of hydrogen-bond donors (Lipinski definition) is 7. The molecule has 4 aromatic heterocycles. The van der Waals surface area contributed by atoms with Crippen LogP contribution < -0.4 is 95.7 Å². The van der Waals surface area contributed by atoms with Gasteiger partial charge in [-0.2, -0.15) is 9.97 Å². The zero-order chi connectivity index (χ0) is 77.5. The number of benzene rings is 6. The van der Waals surface area contributed by atoms with Gasteiger partial charge in [0.1, 0.15) is 25.8 Å². The van der Waals surface area contributed by atoms with E-state index in [0.29, 0.717) is 50.5 Å². The van der Waals surface area contributed by atoms with Gasteiger partial charge in [-0.3, -0.25) is 0 Å². The van der Waals surface area contributed by atoms with Crippen molar-refractivity contribution < 1.29 is 95.0 Å². The summed E-state index contributed by atoms with van der Waals surface area (Å²) in [6.45, 7) is 14.4. The smallest absolute Gasteiger partial charge is 1.00 e. The van der Waals surface area contributed by atoms with Crippen LogP contribution in [0, 0.1) is 0 Å². The second-order valence-electron chi connectivity index (χ2n) is 25.7. The second-order valence-corrected chi connectivity index (χ2v) is 29.5. The molecule has 8 N–H and O–H groups in total. The first-order chi connectivity index (χ1) is 51.9. The van der Waals surface area contributed by atoms with Gasteiger partial charge in [0.15, 0.2) is 0 Å². The number of aliphatic hydroxyl groups is 1. The fourth-order valence-corrected chi connectivity index (χ4v) is 13.1. The van der Waals surface area contributed by atoms with Crippen LogP contribution in [0.3, 0.4) is 0 Å². The van der Waals surface area contributed by atoms with Gasteiger partial charge in [0.2, 0.25) is 44.6 Å². The van der Waals surface area contributed by atoms with Crippen LogP contribution in [0.1, 0.15) is 122 Å². The first-order valence-electron chi connectivity index (χ1n) is 35.4. The van der Waals surface area contributed by atoms with Crippen LogP contribution in [0.15, 0.2) is 211 Å². The standard InChI is InChI=1S/C24H25N3O.C18H20ClN3O.C15H13Cl2N3.C11H13N.C6H7BO2.C5H4Cl2N2O2S.C3H8O.CH4.2Na.2H/c1-17(2)28-23-16-22(20-9-4-3-5-10-20)26-24(27-23)25-15-14-19-13-12-18-8-6-7-11-21(18)19;1-12(2)23-17-11-16(19)21-18(22-17)20-10-9-14-8-7-13-5-3-4-6-15(13)14;16-13-9-14(17)20-15(19-13)18-8-7-11-6-5-10-3-1-2-4-12(10)11;12-8-7-10-6-5-9-3-1-2-4-11(9)10;8-7(9)6-4-2-1-3-5-6;1-12(10,11)5-8-3(6)2-4(7)9-5;1-3(2)4;;;;;/h3-11,13,16-17H,12,14-15H2,1-2H3,(H,25,26,27);3-6,8,11-12H,7,9-10H2,1-2H3,(H,20,21,22);1-4,6,9H,5,7-8H2,(H,18,19,20);1-4,6H,5,7-8,12H2;1-5,8-9H;2H,1H3;3-4H,1-2H3;1H4;;;;/q;;;;;;;;2*+1;2*-1. The SMILES string of the molecule is C.CC(C)O.CC(C)Oc1cc(-c2ccccc2)nc(NCCC2=CCc3ccccc32)n1.CC(C)Oc1cc(Cl)nc(NCCC2=CCc3ccccc32)n1.CS(=O)(=O)c1nc(Cl)cc(Cl)n1.Clc1cc(Cl)nc(NCCC2=CCc3ccccc32)n1.NCCC1=CCc2ccccc21.OB(O)c1ccccc1.[H-].[H-].[Na+].[Na+]. The number of fused-ring (bicyclic) bond motifs is 4. The number of halogens is 5. The summed E-state index contributed by atoms with van der Waals surface area (Å²) in [5, 5.41) is 35.7. The molecule has 19 nitrogen and oxygen atoms in total. The van der Waals surface area contributed by atoms with Crippen LogP contribution in [0.4, 0.5) is 17.8 Å². The van der Waals surface area contributed by atoms with Crippen molar-refractivity contribution in [3.8, 4) is 23.0 Å². The molecule has 6 aromatic carbocycles. The zero-order valence-electron chi connectivity index (χ0n) is 65.4. The molecule has 0 radical (unpaired) electrons. The van der Waals surface area contributed by atoms with Gasteiger partial charge < -0.3 is 49.2 Å². The Morgan fingerprint density at radius 1 is 0.450 bits per heavy atom. The number of anilines is 3. The Bertz CT molecular complexity index is 4800. The number of nitrogens with two attached hydrogens (primary N) is 1. The predicted molar refractivity (Wildman–Crippen MR) is 451 cm³/mol. The maximum Gasteiger partial charge on any atom is 1.00 e. The quantitative estimate of drug-likeness (QED) is 0.0200. The van der Waals surface area contributed by atoms with E-state index in [1.54, 1.807) is 44.2 Å². The van der Waals surface area contributed by atoms with E-state index < -0.39 is 17.0 Å². The Kier molecular flexibility index (Phi) is 41.6. The summed E-state index contributed by atoms with van der Waals surface area (Å²) in [6.07, 6.45) is 18.1. The van der Waals surface area contributed by atoms with Gasteiger partial charge in [-0.1, -0.05) is 247 Å². The van der Waals surface area contributed by atoms with Gasteiger partial charge in [0, 0.05) is 61.8 Å². The molecule has 0 bridgehead atoms. The molecule has 4 aliphatic rings. The Morgan fingerprint density at radius 2 is 0.757 bits per heavy atom. The third kappa shape index (κ3) is 32.4. The van der Waals surface area contributed by atoms with Crippen LogP contribution in [0.25, 0.3) is 33.5 Å². The fraction of sp³-hybridized carbons (Fsp3) is 0.277. The minimum Gasteiger partial charge on any atom is -1.00 e. The fourth-order valence-electron chi connectivity index (χ4n) is 11.4. The molecule has 28 heteroatoms. The van der Waals surface area contributed by atoms with Gasteiger partial charge in [-0.15, -0.1) is 0 Å². The number of sulfone groups is 1. The number of aromatic nitrogens is 8. The summed E-state index contributed by atoms with van der Waals surface area (Å²) in [6, 6.07) is 59.3. The van der Waals surface area contributed by atoms with E-state index in [4.69, 9.17) is 93.4 Å². The van der Waals surface area contributed by atoms with Crippen molar-refractivity contribution in [1.82, 2.24) is 39.9 Å². The van der Waals surface area contributed by atoms with E-state index >= 15 is 0 Å². The van der Waals surface area contributed by atoms with Crippen molar-refractivity contribution >= 4 is 121 Å². The zero-order valence-corrected chi connectivity index (χ0v) is 71.9. The van der Waals surface area contributed by atoms with Gasteiger partial charge in [0.05, 0.1) is 17.9 Å². The van der Waals surface area contributed by atoms with Crippen molar-refractivity contribution in [2.75, 3.05) is 48.4 Å². The second kappa shape index (κ2) is 48.8. The van der Waals surface area contributed by atoms with Crippen molar-refractivity contribution in [2.24, 2.45) is 5.73 Å². The molecule has 0 fully saturated rings. The Hall–Kier alpha value is -7.10. The van der Waals surface area contributed by atoms with E-state index in [1.165, 1.54) is 78.9 Å². The number of aliphatic hydroxyl groups excluding tert-OH is 1. The van der Waals surface area contributed by atoms with E-state index in [1.807, 2.05) is 70.2 Å². The summed E-state index contributed by atoms with van der Waals surface area (Å²) in [5.41, 5.74) is 24.6. The third-order valence-corrected chi connectivity index (χ3v) is 17.9. The van der Waals surface area contributed by atoms with Gasteiger partial charge >= 0.3 is 66.2 Å². The molecule has 14 rings (SSSR count). The number of rotatable bonds is 21. The molecule has 0 saturated heterocycles. The number of ether oxygens (including phenoxy) is 2. The Labute approximate surface area is 726 Å². The van der Waals surface area contributed by atoms with E-state index in [0.717, 1.165) is 95.1 Å². The van der Waals surface area contributed by atoms with Crippen LogP contribution in [0.5, 0.6) is 11.8 Å². The van der Waals surface area contributed by atoms with Crippen LogP contribution in [-0.2, 0) is 35.5 Å². The molecule has 0 unspecified atom stereocenters. The Balaban J connectivity index is 0.000000357.